The molecule has 0 aliphatic rings. The molecule has 3 heteroatoms. The summed E-state index contributed by atoms with van der Waals surface area (Å²) in [5, 5.41) is 5.64. The Bertz CT molecular complexity index is 555. The predicted octanol–water partition coefficient (Wildman–Crippen LogP) is 1.55. The van der Waals surface area contributed by atoms with Crippen LogP contribution in [-0.4, -0.2) is 9.78 Å². The Hall–Kier alpha value is -1.64. The Balaban J connectivity index is 2.97. The fourth-order valence-electron chi connectivity index (χ4n) is 1.51. The average molecular weight is 188 g/mol. The molecule has 0 spiro atoms. The molecule has 72 valence electrons. The van der Waals surface area contributed by atoms with Crippen LogP contribution in [0.25, 0.3) is 10.8 Å². The molecule has 0 N–H and O–H groups in total. The first kappa shape index (κ1) is 8.94. The molecule has 14 heavy (non-hydrogen) atoms. The van der Waals surface area contributed by atoms with Gasteiger partial charge in [-0.1, -0.05) is 0 Å². The highest BCUT2D eigenvalue weighted by molar-refractivity contribution is 5.82. The number of hydrogen-bond donors (Lipinski definition) is 0. The molecule has 0 saturated heterocycles. The van der Waals surface area contributed by atoms with Crippen molar-refractivity contribution in [3.8, 4) is 0 Å². The van der Waals surface area contributed by atoms with Gasteiger partial charge in [-0.25, -0.2) is 4.68 Å². The first-order chi connectivity index (χ1) is 6.59. The SMILES string of the molecule is Cc1cc2cnn(C)c(=O)c2cc1C. The zero-order valence-electron chi connectivity index (χ0n) is 8.53. The molecule has 1 aromatic heterocycles. The highest BCUT2D eigenvalue weighted by Crippen LogP contribution is 2.14. The number of aromatic nitrogens is 2. The molecule has 0 aliphatic heterocycles. The zero-order chi connectivity index (χ0) is 10.3. The highest BCUT2D eigenvalue weighted by Gasteiger charge is 2.03. The third-order valence-corrected chi connectivity index (χ3v) is 2.56. The van der Waals surface area contributed by atoms with E-state index in [1.165, 1.54) is 10.2 Å². The number of aryl methyl sites for hydroxylation is 3. The van der Waals surface area contributed by atoms with Crippen molar-refractivity contribution in [3.63, 3.8) is 0 Å². The molecule has 1 heterocycles. The summed E-state index contributed by atoms with van der Waals surface area (Å²) in [6.45, 7) is 4.04. The fraction of sp³-hybridized carbons (Fsp3) is 0.273. The summed E-state index contributed by atoms with van der Waals surface area (Å²) in [6.07, 6.45) is 1.73. The topological polar surface area (TPSA) is 34.9 Å². The van der Waals surface area contributed by atoms with Gasteiger partial charge in [0.1, 0.15) is 0 Å². The summed E-state index contributed by atoms with van der Waals surface area (Å²) >= 11 is 0. The third-order valence-electron chi connectivity index (χ3n) is 2.56. The largest absolute Gasteiger partial charge is 0.274 e. The highest BCUT2D eigenvalue weighted by atomic mass is 16.1. The molecule has 2 rings (SSSR count). The van der Waals surface area contributed by atoms with E-state index < -0.39 is 0 Å². The van der Waals surface area contributed by atoms with Gasteiger partial charge in [-0.05, 0) is 37.1 Å². The van der Waals surface area contributed by atoms with Crippen molar-refractivity contribution in [2.75, 3.05) is 0 Å². The van der Waals surface area contributed by atoms with Crippen LogP contribution in [-0.2, 0) is 7.05 Å². The smallest absolute Gasteiger partial charge is 0.267 e. The molecule has 0 aliphatic carbocycles. The molecule has 1 aromatic carbocycles. The molecule has 0 atom stereocenters. The zero-order valence-corrected chi connectivity index (χ0v) is 8.53. The maximum Gasteiger partial charge on any atom is 0.274 e. The lowest BCUT2D eigenvalue weighted by Gasteiger charge is -2.03. The quantitative estimate of drug-likeness (QED) is 0.628. The molecule has 0 bridgehead atoms. The normalized spacial score (nSPS) is 10.8. The number of hydrogen-bond acceptors (Lipinski definition) is 2. The molecule has 2 aromatic rings. The minimum absolute atomic E-state index is 0.0365. The van der Waals surface area contributed by atoms with Crippen LogP contribution < -0.4 is 5.56 Å². The standard InChI is InChI=1S/C11H12N2O/c1-7-4-9-6-12-13(3)11(14)10(9)5-8(7)2/h4-6H,1-3H3. The van der Waals surface area contributed by atoms with E-state index in [1.54, 1.807) is 13.2 Å². The van der Waals surface area contributed by atoms with Crippen LogP contribution in [0.15, 0.2) is 23.1 Å². The van der Waals surface area contributed by atoms with Crippen LogP contribution in [0.3, 0.4) is 0 Å². The Morgan fingerprint density at radius 2 is 1.86 bits per heavy atom. The molecule has 0 amide bonds. The number of nitrogens with zero attached hydrogens (tertiary/aromatic N) is 2. The summed E-state index contributed by atoms with van der Waals surface area (Å²) in [6, 6.07) is 3.92. The van der Waals surface area contributed by atoms with Gasteiger partial charge >= 0.3 is 0 Å². The van der Waals surface area contributed by atoms with Crippen LogP contribution in [0, 0.1) is 13.8 Å². The Labute approximate surface area is 82.0 Å². The summed E-state index contributed by atoms with van der Waals surface area (Å²) in [5.74, 6) is 0. The van der Waals surface area contributed by atoms with E-state index in [2.05, 4.69) is 5.10 Å². The van der Waals surface area contributed by atoms with E-state index in [0.29, 0.717) is 0 Å². The van der Waals surface area contributed by atoms with E-state index in [0.717, 1.165) is 16.3 Å². The minimum Gasteiger partial charge on any atom is -0.267 e. The monoisotopic (exact) mass is 188 g/mol. The van der Waals surface area contributed by atoms with E-state index in [9.17, 15) is 4.79 Å². The third kappa shape index (κ3) is 1.21. The van der Waals surface area contributed by atoms with Crippen molar-refractivity contribution in [2.45, 2.75) is 13.8 Å². The first-order valence-electron chi connectivity index (χ1n) is 4.53. The van der Waals surface area contributed by atoms with Crippen LogP contribution in [0.1, 0.15) is 11.1 Å². The van der Waals surface area contributed by atoms with Crippen molar-refractivity contribution in [1.29, 1.82) is 0 Å². The van der Waals surface area contributed by atoms with Crippen molar-refractivity contribution in [2.24, 2.45) is 7.05 Å². The second kappa shape index (κ2) is 2.94. The second-order valence-corrected chi connectivity index (χ2v) is 3.60. The summed E-state index contributed by atoms with van der Waals surface area (Å²) in [4.78, 5) is 11.7. The van der Waals surface area contributed by atoms with Crippen molar-refractivity contribution in [1.82, 2.24) is 9.78 Å². The molecule has 0 saturated carbocycles. The van der Waals surface area contributed by atoms with Crippen molar-refractivity contribution < 1.29 is 0 Å². The molecule has 0 radical (unpaired) electrons. The maximum absolute atomic E-state index is 11.7. The average Bonchev–Trinajstić information content (AvgIpc) is 2.15. The number of fused-ring (bicyclic) bond motifs is 1. The van der Waals surface area contributed by atoms with Gasteiger partial charge in [0.2, 0.25) is 0 Å². The maximum atomic E-state index is 11.7. The lowest BCUT2D eigenvalue weighted by atomic mass is 10.1. The predicted molar refractivity (Wildman–Crippen MR) is 56.5 cm³/mol. The molecular weight excluding hydrogens is 176 g/mol. The fourth-order valence-corrected chi connectivity index (χ4v) is 1.51. The van der Waals surface area contributed by atoms with Gasteiger partial charge in [-0.3, -0.25) is 4.79 Å². The summed E-state index contributed by atoms with van der Waals surface area (Å²) < 4.78 is 1.36. The van der Waals surface area contributed by atoms with Gasteiger partial charge in [0.25, 0.3) is 5.56 Å². The van der Waals surface area contributed by atoms with E-state index in [1.807, 2.05) is 26.0 Å². The lowest BCUT2D eigenvalue weighted by molar-refractivity contribution is 0.718. The van der Waals surface area contributed by atoms with Gasteiger partial charge in [0.15, 0.2) is 0 Å². The minimum atomic E-state index is -0.0365. The van der Waals surface area contributed by atoms with Crippen molar-refractivity contribution >= 4 is 10.8 Å². The molecule has 0 fully saturated rings. The first-order valence-corrected chi connectivity index (χ1v) is 4.53. The van der Waals surface area contributed by atoms with Crippen molar-refractivity contribution in [3.05, 3.63) is 39.8 Å². The number of rotatable bonds is 0. The molecular formula is C11H12N2O. The van der Waals surface area contributed by atoms with Crippen LogP contribution in [0.2, 0.25) is 0 Å². The van der Waals surface area contributed by atoms with E-state index in [4.69, 9.17) is 0 Å². The molecule has 0 unspecified atom stereocenters. The van der Waals surface area contributed by atoms with Gasteiger partial charge < -0.3 is 0 Å². The van der Waals surface area contributed by atoms with Gasteiger partial charge in [0, 0.05) is 12.4 Å². The Morgan fingerprint density at radius 1 is 1.21 bits per heavy atom. The lowest BCUT2D eigenvalue weighted by Crippen LogP contribution is -2.19. The van der Waals surface area contributed by atoms with Crippen LogP contribution >= 0.6 is 0 Å². The van der Waals surface area contributed by atoms with E-state index in [-0.39, 0.29) is 5.56 Å². The van der Waals surface area contributed by atoms with Gasteiger partial charge in [-0.15, -0.1) is 0 Å². The van der Waals surface area contributed by atoms with Crippen LogP contribution in [0.5, 0.6) is 0 Å². The summed E-state index contributed by atoms with van der Waals surface area (Å²) in [7, 11) is 1.66. The summed E-state index contributed by atoms with van der Waals surface area (Å²) in [5.41, 5.74) is 2.29. The van der Waals surface area contributed by atoms with Crippen LogP contribution in [0.4, 0.5) is 0 Å². The van der Waals surface area contributed by atoms with E-state index >= 15 is 0 Å². The second-order valence-electron chi connectivity index (χ2n) is 3.60. The van der Waals surface area contributed by atoms with Gasteiger partial charge in [-0.2, -0.15) is 5.10 Å². The number of benzene rings is 1. The Morgan fingerprint density at radius 3 is 2.57 bits per heavy atom. The van der Waals surface area contributed by atoms with Gasteiger partial charge in [0.05, 0.1) is 11.6 Å². The molecule has 3 nitrogen and oxygen atoms in total. The Kier molecular flexibility index (Phi) is 1.88.